The van der Waals surface area contributed by atoms with E-state index in [4.69, 9.17) is 4.74 Å². The van der Waals surface area contributed by atoms with Gasteiger partial charge in [0, 0.05) is 38.5 Å². The summed E-state index contributed by atoms with van der Waals surface area (Å²) in [5.74, 6) is 7.58. The molecule has 1 aliphatic heterocycles. The monoisotopic (exact) mass is 392 g/mol. The van der Waals surface area contributed by atoms with E-state index in [2.05, 4.69) is 44.4 Å². The van der Waals surface area contributed by atoms with Gasteiger partial charge in [0.25, 0.3) is 0 Å². The molecule has 0 bridgehead atoms. The van der Waals surface area contributed by atoms with E-state index in [-0.39, 0.29) is 17.9 Å². The maximum Gasteiger partial charge on any atom is 0.225 e. The lowest BCUT2D eigenvalue weighted by Crippen LogP contribution is -2.48. The van der Waals surface area contributed by atoms with Gasteiger partial charge in [-0.15, -0.1) is 0 Å². The second kappa shape index (κ2) is 14.9. The van der Waals surface area contributed by atoms with Crippen LogP contribution in [0.3, 0.4) is 0 Å². The summed E-state index contributed by atoms with van der Waals surface area (Å²) in [6.07, 6.45) is 9.66. The third-order valence-corrected chi connectivity index (χ3v) is 5.63. The lowest BCUT2D eigenvalue weighted by Gasteiger charge is -2.34. The molecule has 0 aromatic heterocycles. The summed E-state index contributed by atoms with van der Waals surface area (Å²) < 4.78 is 5.92. The number of unbranched alkanes of at least 4 members (excludes halogenated alkanes) is 4. The third-order valence-electron chi connectivity index (χ3n) is 5.63. The minimum atomic E-state index is 0.0920. The first-order valence-corrected chi connectivity index (χ1v) is 11.5. The second-order valence-corrected chi connectivity index (χ2v) is 8.56. The molecule has 0 saturated carbocycles. The lowest BCUT2D eigenvalue weighted by atomic mass is 10.0. The number of hydrogen-bond acceptors (Lipinski definition) is 3. The van der Waals surface area contributed by atoms with E-state index in [0.29, 0.717) is 12.5 Å². The molecule has 1 heterocycles. The van der Waals surface area contributed by atoms with Crippen LogP contribution < -0.4 is 0 Å². The summed E-state index contributed by atoms with van der Waals surface area (Å²) in [5.41, 5.74) is 0. The van der Waals surface area contributed by atoms with Crippen molar-refractivity contribution in [3.8, 4) is 11.8 Å². The van der Waals surface area contributed by atoms with E-state index >= 15 is 0 Å². The second-order valence-electron chi connectivity index (χ2n) is 8.56. The third kappa shape index (κ3) is 10.5. The Kier molecular flexibility index (Phi) is 13.3. The minimum absolute atomic E-state index is 0.0920. The Hall–Kier alpha value is -1.05. The molecule has 0 spiro atoms. The fraction of sp³-hybridized carbons (Fsp3) is 0.875. The van der Waals surface area contributed by atoms with Crippen molar-refractivity contribution in [1.82, 2.24) is 9.80 Å². The molecule has 1 fully saturated rings. The van der Waals surface area contributed by atoms with Gasteiger partial charge in [-0.25, -0.2) is 0 Å². The van der Waals surface area contributed by atoms with Crippen molar-refractivity contribution in [2.75, 3.05) is 39.8 Å². The number of likely N-dealkylation sites (N-methyl/N-ethyl adjacent to an activating group) is 1. The average molecular weight is 393 g/mol. The molecule has 4 heteroatoms. The highest BCUT2D eigenvalue weighted by molar-refractivity contribution is 5.78. The van der Waals surface area contributed by atoms with Crippen LogP contribution in [-0.2, 0) is 9.53 Å². The van der Waals surface area contributed by atoms with E-state index in [1.807, 2.05) is 11.9 Å². The fourth-order valence-corrected chi connectivity index (χ4v) is 3.72. The molecule has 3 atom stereocenters. The minimum Gasteiger partial charge on any atom is -0.374 e. The number of rotatable bonds is 12. The highest BCUT2D eigenvalue weighted by atomic mass is 16.5. The normalized spacial score (nSPS) is 19.5. The first-order chi connectivity index (χ1) is 13.5. The maximum atomic E-state index is 12.6. The van der Waals surface area contributed by atoms with Gasteiger partial charge in [0.2, 0.25) is 5.91 Å². The predicted octanol–water partition coefficient (Wildman–Crippen LogP) is 4.58. The van der Waals surface area contributed by atoms with Crippen molar-refractivity contribution in [2.45, 2.75) is 85.2 Å². The average Bonchev–Trinajstić information content (AvgIpc) is 2.69. The SMILES string of the molecule is CCCCCCC(C)C(=O)N(C)C[C@H]1CN(CC#CC(C)CCCC)CCO1. The molecule has 0 N–H and O–H groups in total. The molecule has 0 aromatic carbocycles. The van der Waals surface area contributed by atoms with Crippen molar-refractivity contribution in [1.29, 1.82) is 0 Å². The van der Waals surface area contributed by atoms with Gasteiger partial charge in [-0.3, -0.25) is 9.69 Å². The number of amides is 1. The largest absolute Gasteiger partial charge is 0.374 e. The van der Waals surface area contributed by atoms with E-state index in [1.54, 1.807) is 0 Å². The van der Waals surface area contributed by atoms with E-state index in [1.165, 1.54) is 38.5 Å². The van der Waals surface area contributed by atoms with Crippen molar-refractivity contribution < 1.29 is 9.53 Å². The molecule has 162 valence electrons. The van der Waals surface area contributed by atoms with Gasteiger partial charge in [0.1, 0.15) is 0 Å². The first-order valence-electron chi connectivity index (χ1n) is 11.5. The van der Waals surface area contributed by atoms with Crippen LogP contribution in [0.15, 0.2) is 0 Å². The predicted molar refractivity (Wildman–Crippen MR) is 118 cm³/mol. The van der Waals surface area contributed by atoms with Gasteiger partial charge < -0.3 is 9.64 Å². The Balaban J connectivity index is 2.35. The van der Waals surface area contributed by atoms with Crippen molar-refractivity contribution >= 4 is 5.91 Å². The van der Waals surface area contributed by atoms with Crippen LogP contribution in [0.1, 0.15) is 79.1 Å². The number of carbonyl (C=O) groups excluding carboxylic acids is 1. The molecule has 1 rings (SSSR count). The van der Waals surface area contributed by atoms with Crippen molar-refractivity contribution in [2.24, 2.45) is 11.8 Å². The van der Waals surface area contributed by atoms with E-state index < -0.39 is 0 Å². The Bertz CT molecular complexity index is 483. The van der Waals surface area contributed by atoms with Crippen LogP contribution in [0.25, 0.3) is 0 Å². The summed E-state index contributed by atoms with van der Waals surface area (Å²) in [7, 11) is 1.92. The zero-order valence-electron chi connectivity index (χ0n) is 19.1. The number of hydrogen-bond donors (Lipinski definition) is 0. The Morgan fingerprint density at radius 2 is 1.89 bits per heavy atom. The van der Waals surface area contributed by atoms with Gasteiger partial charge in [-0.05, 0) is 12.8 Å². The first kappa shape index (κ1) is 25.0. The highest BCUT2D eigenvalue weighted by Gasteiger charge is 2.24. The van der Waals surface area contributed by atoms with Gasteiger partial charge >= 0.3 is 0 Å². The van der Waals surface area contributed by atoms with Crippen LogP contribution in [0.4, 0.5) is 0 Å². The smallest absolute Gasteiger partial charge is 0.225 e. The molecule has 0 aliphatic carbocycles. The van der Waals surface area contributed by atoms with Gasteiger partial charge in [-0.1, -0.05) is 78.1 Å². The Morgan fingerprint density at radius 1 is 1.14 bits per heavy atom. The van der Waals surface area contributed by atoms with E-state index in [9.17, 15) is 4.79 Å². The fourth-order valence-electron chi connectivity index (χ4n) is 3.72. The molecule has 28 heavy (non-hydrogen) atoms. The summed E-state index contributed by atoms with van der Waals surface area (Å²) in [6, 6.07) is 0. The number of morpholine rings is 1. The molecule has 1 aliphatic rings. The van der Waals surface area contributed by atoms with Crippen LogP contribution >= 0.6 is 0 Å². The van der Waals surface area contributed by atoms with Gasteiger partial charge in [0.05, 0.1) is 19.3 Å². The molecule has 0 radical (unpaired) electrons. The number of ether oxygens (including phenoxy) is 1. The zero-order chi connectivity index (χ0) is 20.8. The number of nitrogens with zero attached hydrogens (tertiary/aromatic N) is 2. The standard InChI is InChI=1S/C24H44N2O2/c1-6-8-10-11-15-22(4)24(27)25(5)19-23-20-26(17-18-28-23)16-12-14-21(3)13-9-7-2/h21-23H,6-11,13,15-20H2,1-5H3/t21?,22?,23-/m0/s1. The van der Waals surface area contributed by atoms with Crippen LogP contribution in [0.2, 0.25) is 0 Å². The molecular weight excluding hydrogens is 348 g/mol. The summed E-state index contributed by atoms with van der Waals surface area (Å²) in [5, 5.41) is 0. The Labute approximate surface area is 174 Å². The summed E-state index contributed by atoms with van der Waals surface area (Å²) in [6.45, 7) is 12.7. The van der Waals surface area contributed by atoms with Crippen LogP contribution in [0, 0.1) is 23.7 Å². The lowest BCUT2D eigenvalue weighted by molar-refractivity contribution is -0.136. The van der Waals surface area contributed by atoms with Gasteiger partial charge in [-0.2, -0.15) is 0 Å². The van der Waals surface area contributed by atoms with Gasteiger partial charge in [0.15, 0.2) is 0 Å². The van der Waals surface area contributed by atoms with Crippen molar-refractivity contribution in [3.05, 3.63) is 0 Å². The quantitative estimate of drug-likeness (QED) is 0.360. The summed E-state index contributed by atoms with van der Waals surface area (Å²) in [4.78, 5) is 16.9. The molecule has 1 saturated heterocycles. The number of carbonyl (C=O) groups is 1. The highest BCUT2D eigenvalue weighted by Crippen LogP contribution is 2.14. The van der Waals surface area contributed by atoms with Crippen molar-refractivity contribution in [3.63, 3.8) is 0 Å². The molecular formula is C24H44N2O2. The Morgan fingerprint density at radius 3 is 2.61 bits per heavy atom. The topological polar surface area (TPSA) is 32.8 Å². The molecule has 0 aromatic rings. The van der Waals surface area contributed by atoms with Crippen LogP contribution in [0.5, 0.6) is 0 Å². The molecule has 2 unspecified atom stereocenters. The van der Waals surface area contributed by atoms with Crippen LogP contribution in [-0.4, -0.2) is 61.6 Å². The zero-order valence-corrected chi connectivity index (χ0v) is 19.1. The maximum absolute atomic E-state index is 12.6. The molecule has 1 amide bonds. The van der Waals surface area contributed by atoms with E-state index in [0.717, 1.165) is 39.1 Å². The molecule has 4 nitrogen and oxygen atoms in total. The summed E-state index contributed by atoms with van der Waals surface area (Å²) >= 11 is 0.